The summed E-state index contributed by atoms with van der Waals surface area (Å²) in [5.74, 6) is -1.75. The molecule has 0 aliphatic rings. The second-order valence-electron chi connectivity index (χ2n) is 6.79. The van der Waals surface area contributed by atoms with Crippen molar-refractivity contribution < 1.29 is 23.6 Å². The first kappa shape index (κ1) is 24.9. The minimum Gasteiger partial charge on any atom is -0.496 e. The van der Waals surface area contributed by atoms with Crippen LogP contribution in [-0.2, 0) is 4.79 Å². The fourth-order valence-corrected chi connectivity index (χ4v) is 3.38. The quantitative estimate of drug-likeness (QED) is 0.228. The van der Waals surface area contributed by atoms with Crippen molar-refractivity contribution in [2.45, 2.75) is 0 Å². The van der Waals surface area contributed by atoms with Gasteiger partial charge in [-0.1, -0.05) is 27.5 Å². The highest BCUT2D eigenvalue weighted by Crippen LogP contribution is 2.24. The number of rotatable bonds is 7. The van der Waals surface area contributed by atoms with Crippen LogP contribution < -0.4 is 15.4 Å². The summed E-state index contributed by atoms with van der Waals surface area (Å²) in [6.07, 6.45) is 1.34. The molecule has 11 heteroatoms. The van der Waals surface area contributed by atoms with Gasteiger partial charge in [0.15, 0.2) is 0 Å². The van der Waals surface area contributed by atoms with Gasteiger partial charge in [0, 0.05) is 22.3 Å². The van der Waals surface area contributed by atoms with Gasteiger partial charge in [-0.25, -0.2) is 4.39 Å². The largest absolute Gasteiger partial charge is 0.496 e. The number of ether oxygens (including phenoxy) is 1. The molecule has 0 saturated carbocycles. The smallest absolute Gasteiger partial charge is 0.272 e. The standard InChI is InChI=1S/C23H16BrClFN3O5/c1-34-21-9-4-14(24)11-17(21)22(30)28-20(10-13-2-6-16(7-3-13)29(32)33)23(31)27-15-5-8-19(26)18(25)12-15/h2-12H,1H3,(H,27,31)(H,28,30)/b20-10-. The lowest BCUT2D eigenvalue weighted by Gasteiger charge is -2.13. The van der Waals surface area contributed by atoms with Gasteiger partial charge in [0.25, 0.3) is 17.5 Å². The lowest BCUT2D eigenvalue weighted by molar-refractivity contribution is -0.384. The molecule has 0 aromatic heterocycles. The number of nitro groups is 1. The number of benzene rings is 3. The van der Waals surface area contributed by atoms with E-state index in [0.717, 1.165) is 6.07 Å². The number of halogens is 3. The fourth-order valence-electron chi connectivity index (χ4n) is 2.84. The summed E-state index contributed by atoms with van der Waals surface area (Å²) in [7, 11) is 1.40. The first-order chi connectivity index (χ1) is 16.2. The van der Waals surface area contributed by atoms with Crippen molar-refractivity contribution in [2.24, 2.45) is 0 Å². The van der Waals surface area contributed by atoms with Gasteiger partial charge in [-0.05, 0) is 60.2 Å². The molecule has 2 amide bonds. The Morgan fingerprint density at radius 3 is 2.44 bits per heavy atom. The van der Waals surface area contributed by atoms with E-state index < -0.39 is 22.6 Å². The number of anilines is 1. The first-order valence-electron chi connectivity index (χ1n) is 9.55. The van der Waals surface area contributed by atoms with Crippen LogP contribution in [-0.4, -0.2) is 23.8 Å². The predicted octanol–water partition coefficient (Wildman–Crippen LogP) is 5.57. The Bertz CT molecular complexity index is 1300. The molecular formula is C23H16BrClFN3O5. The fraction of sp³-hybridized carbons (Fsp3) is 0.0435. The van der Waals surface area contributed by atoms with E-state index in [1.807, 2.05) is 0 Å². The summed E-state index contributed by atoms with van der Waals surface area (Å²) in [6, 6.07) is 13.8. The maximum atomic E-state index is 13.5. The molecule has 0 bridgehead atoms. The summed E-state index contributed by atoms with van der Waals surface area (Å²) < 4.78 is 19.3. The number of carbonyl (C=O) groups is 2. The number of amides is 2. The summed E-state index contributed by atoms with van der Waals surface area (Å²) in [6.45, 7) is 0. The highest BCUT2D eigenvalue weighted by atomic mass is 79.9. The molecule has 0 atom stereocenters. The number of nitro benzene ring substituents is 1. The maximum absolute atomic E-state index is 13.5. The Morgan fingerprint density at radius 2 is 1.82 bits per heavy atom. The van der Waals surface area contributed by atoms with E-state index in [9.17, 15) is 24.1 Å². The zero-order valence-corrected chi connectivity index (χ0v) is 19.8. The maximum Gasteiger partial charge on any atom is 0.272 e. The SMILES string of the molecule is COc1ccc(Br)cc1C(=O)N/C(=C\c1ccc([N+](=O)[O-])cc1)C(=O)Nc1ccc(F)c(Cl)c1. The monoisotopic (exact) mass is 547 g/mol. The van der Waals surface area contributed by atoms with E-state index in [4.69, 9.17) is 16.3 Å². The Hall–Kier alpha value is -3.76. The lowest BCUT2D eigenvalue weighted by Crippen LogP contribution is -2.31. The van der Waals surface area contributed by atoms with Gasteiger partial charge in [-0.2, -0.15) is 0 Å². The minimum atomic E-state index is -0.733. The van der Waals surface area contributed by atoms with E-state index in [1.54, 1.807) is 12.1 Å². The molecule has 0 heterocycles. The van der Waals surface area contributed by atoms with Gasteiger partial charge < -0.3 is 15.4 Å². The van der Waals surface area contributed by atoms with Crippen LogP contribution in [0.4, 0.5) is 15.8 Å². The van der Waals surface area contributed by atoms with Crippen LogP contribution in [0.15, 0.2) is 70.8 Å². The molecule has 0 unspecified atom stereocenters. The molecule has 3 rings (SSSR count). The van der Waals surface area contributed by atoms with Crippen LogP contribution in [0.1, 0.15) is 15.9 Å². The molecule has 0 aliphatic heterocycles. The van der Waals surface area contributed by atoms with Crippen LogP contribution >= 0.6 is 27.5 Å². The highest BCUT2D eigenvalue weighted by Gasteiger charge is 2.19. The van der Waals surface area contributed by atoms with Crippen LogP contribution in [0.2, 0.25) is 5.02 Å². The van der Waals surface area contributed by atoms with E-state index >= 15 is 0 Å². The lowest BCUT2D eigenvalue weighted by atomic mass is 10.1. The van der Waals surface area contributed by atoms with Crippen LogP contribution in [0.25, 0.3) is 6.08 Å². The topological polar surface area (TPSA) is 111 Å². The normalized spacial score (nSPS) is 11.0. The Labute approximate surface area is 206 Å². The summed E-state index contributed by atoms with van der Waals surface area (Å²) >= 11 is 9.07. The molecule has 174 valence electrons. The Balaban J connectivity index is 1.96. The number of nitrogens with one attached hydrogen (secondary N) is 2. The molecule has 0 spiro atoms. The molecule has 0 fully saturated rings. The number of nitrogens with zero attached hydrogens (tertiary/aromatic N) is 1. The predicted molar refractivity (Wildman–Crippen MR) is 129 cm³/mol. The first-order valence-corrected chi connectivity index (χ1v) is 10.7. The van der Waals surface area contributed by atoms with Crippen molar-refractivity contribution in [3.05, 3.63) is 103 Å². The zero-order valence-electron chi connectivity index (χ0n) is 17.5. The zero-order chi connectivity index (χ0) is 24.8. The van der Waals surface area contributed by atoms with Crippen LogP contribution in [0.5, 0.6) is 5.75 Å². The molecule has 0 saturated heterocycles. The number of hydrogen-bond donors (Lipinski definition) is 2. The van der Waals surface area contributed by atoms with Crippen LogP contribution in [0.3, 0.4) is 0 Å². The van der Waals surface area contributed by atoms with Gasteiger partial charge in [0.05, 0.1) is 22.6 Å². The van der Waals surface area contributed by atoms with E-state index in [-0.39, 0.29) is 33.4 Å². The average molecular weight is 549 g/mol. The van der Waals surface area contributed by atoms with Gasteiger partial charge >= 0.3 is 0 Å². The third-order valence-corrected chi connectivity index (χ3v) is 5.27. The van der Waals surface area contributed by atoms with Crippen molar-refractivity contribution in [2.75, 3.05) is 12.4 Å². The second-order valence-corrected chi connectivity index (χ2v) is 8.11. The van der Waals surface area contributed by atoms with E-state index in [0.29, 0.717) is 10.0 Å². The average Bonchev–Trinajstić information content (AvgIpc) is 2.81. The van der Waals surface area contributed by atoms with Crippen molar-refractivity contribution in [1.29, 1.82) is 0 Å². The second kappa shape index (κ2) is 10.9. The van der Waals surface area contributed by atoms with E-state index in [2.05, 4.69) is 26.6 Å². The number of carbonyl (C=O) groups excluding carboxylic acids is 2. The number of hydrogen-bond acceptors (Lipinski definition) is 5. The van der Waals surface area contributed by atoms with Gasteiger partial charge in [-0.15, -0.1) is 0 Å². The van der Waals surface area contributed by atoms with Gasteiger partial charge in [-0.3, -0.25) is 19.7 Å². The molecular weight excluding hydrogens is 533 g/mol. The van der Waals surface area contributed by atoms with E-state index in [1.165, 1.54) is 55.7 Å². The Morgan fingerprint density at radius 1 is 1.12 bits per heavy atom. The summed E-state index contributed by atoms with van der Waals surface area (Å²) in [5, 5.41) is 15.8. The third-order valence-electron chi connectivity index (χ3n) is 4.49. The van der Waals surface area contributed by atoms with Crippen molar-refractivity contribution in [3.8, 4) is 5.75 Å². The van der Waals surface area contributed by atoms with Gasteiger partial charge in [0.2, 0.25) is 0 Å². The van der Waals surface area contributed by atoms with Gasteiger partial charge in [0.1, 0.15) is 17.3 Å². The van der Waals surface area contributed by atoms with Crippen LogP contribution in [0, 0.1) is 15.9 Å². The summed E-state index contributed by atoms with van der Waals surface area (Å²) in [4.78, 5) is 36.3. The highest BCUT2D eigenvalue weighted by molar-refractivity contribution is 9.10. The van der Waals surface area contributed by atoms with Crippen molar-refractivity contribution in [1.82, 2.24) is 5.32 Å². The number of methoxy groups -OCH3 is 1. The molecule has 0 aliphatic carbocycles. The Kier molecular flexibility index (Phi) is 7.98. The van der Waals surface area contributed by atoms with Crippen molar-refractivity contribution in [3.63, 3.8) is 0 Å². The molecule has 2 N–H and O–H groups in total. The molecule has 34 heavy (non-hydrogen) atoms. The molecule has 3 aromatic carbocycles. The summed E-state index contributed by atoms with van der Waals surface area (Å²) in [5.41, 5.74) is 0.451. The van der Waals surface area contributed by atoms with Crippen molar-refractivity contribution >= 4 is 56.8 Å². The third kappa shape index (κ3) is 6.18. The molecule has 0 radical (unpaired) electrons. The molecule has 3 aromatic rings. The minimum absolute atomic E-state index is 0.132. The number of non-ortho nitro benzene ring substituents is 1. The molecule has 8 nitrogen and oxygen atoms in total.